The molecule has 0 saturated carbocycles. The minimum atomic E-state index is -0.506. The molecule has 2 aromatic rings. The van der Waals surface area contributed by atoms with Crippen LogP contribution in [0.25, 0.3) is 0 Å². The minimum absolute atomic E-state index is 0.178. The standard InChI is InChI=1S/C14H12N2O3S/c1-8-13(17)16-11-6-10(2-3-12(11)19-8)15-14(18)9-4-5-20-7-9/h2-8H,1H3,(H,15,18)(H,16,17)/t8-/m1/s1. The van der Waals surface area contributed by atoms with Crippen molar-refractivity contribution in [2.24, 2.45) is 0 Å². The molecule has 0 radical (unpaired) electrons. The smallest absolute Gasteiger partial charge is 0.265 e. The molecule has 102 valence electrons. The van der Waals surface area contributed by atoms with E-state index in [2.05, 4.69) is 10.6 Å². The van der Waals surface area contributed by atoms with Gasteiger partial charge in [-0.15, -0.1) is 0 Å². The van der Waals surface area contributed by atoms with Crippen molar-refractivity contribution in [1.29, 1.82) is 0 Å². The van der Waals surface area contributed by atoms with Crippen molar-refractivity contribution >= 4 is 34.5 Å². The third-order valence-electron chi connectivity index (χ3n) is 2.95. The third kappa shape index (κ3) is 2.37. The quantitative estimate of drug-likeness (QED) is 0.893. The lowest BCUT2D eigenvalue weighted by molar-refractivity contribution is -0.122. The Morgan fingerprint density at radius 3 is 3.00 bits per heavy atom. The van der Waals surface area contributed by atoms with E-state index in [0.29, 0.717) is 22.7 Å². The van der Waals surface area contributed by atoms with Crippen molar-refractivity contribution < 1.29 is 14.3 Å². The van der Waals surface area contributed by atoms with Crippen molar-refractivity contribution in [2.45, 2.75) is 13.0 Å². The Hall–Kier alpha value is -2.34. The average Bonchev–Trinajstić information content (AvgIpc) is 2.94. The van der Waals surface area contributed by atoms with Crippen LogP contribution in [-0.2, 0) is 4.79 Å². The van der Waals surface area contributed by atoms with Gasteiger partial charge in [0.1, 0.15) is 5.75 Å². The first-order chi connectivity index (χ1) is 9.63. The summed E-state index contributed by atoms with van der Waals surface area (Å²) in [5.74, 6) is 0.229. The summed E-state index contributed by atoms with van der Waals surface area (Å²) in [6.07, 6.45) is -0.506. The van der Waals surface area contributed by atoms with E-state index >= 15 is 0 Å². The maximum Gasteiger partial charge on any atom is 0.265 e. The number of ether oxygens (including phenoxy) is 1. The van der Waals surface area contributed by atoms with Crippen LogP contribution in [0, 0.1) is 0 Å². The molecule has 0 aliphatic carbocycles. The van der Waals surface area contributed by atoms with Crippen molar-refractivity contribution in [3.63, 3.8) is 0 Å². The van der Waals surface area contributed by atoms with E-state index in [1.54, 1.807) is 36.6 Å². The normalized spacial score (nSPS) is 16.9. The van der Waals surface area contributed by atoms with Crippen molar-refractivity contribution in [1.82, 2.24) is 0 Å². The van der Waals surface area contributed by atoms with Gasteiger partial charge in [0.15, 0.2) is 6.10 Å². The molecule has 0 fully saturated rings. The van der Waals surface area contributed by atoms with Crippen LogP contribution < -0.4 is 15.4 Å². The second-order valence-corrected chi connectivity index (χ2v) is 5.21. The maximum absolute atomic E-state index is 11.9. The first-order valence-electron chi connectivity index (χ1n) is 6.08. The summed E-state index contributed by atoms with van der Waals surface area (Å²) in [6.45, 7) is 1.69. The van der Waals surface area contributed by atoms with Crippen molar-refractivity contribution in [3.8, 4) is 5.75 Å². The van der Waals surface area contributed by atoms with Gasteiger partial charge < -0.3 is 15.4 Å². The molecule has 0 bridgehead atoms. The van der Waals surface area contributed by atoms with Crippen LogP contribution in [0.1, 0.15) is 17.3 Å². The molecule has 3 rings (SSSR count). The number of anilines is 2. The van der Waals surface area contributed by atoms with Gasteiger partial charge in [-0.1, -0.05) is 0 Å². The number of carbonyl (C=O) groups excluding carboxylic acids is 2. The second kappa shape index (κ2) is 4.97. The highest BCUT2D eigenvalue weighted by atomic mass is 32.1. The van der Waals surface area contributed by atoms with E-state index in [-0.39, 0.29) is 11.8 Å². The van der Waals surface area contributed by atoms with E-state index < -0.39 is 6.10 Å². The number of hydrogen-bond donors (Lipinski definition) is 2. The van der Waals surface area contributed by atoms with Gasteiger partial charge >= 0.3 is 0 Å². The fourth-order valence-corrected chi connectivity index (χ4v) is 2.52. The number of amides is 2. The average molecular weight is 288 g/mol. The first kappa shape index (κ1) is 12.7. The highest BCUT2D eigenvalue weighted by molar-refractivity contribution is 7.08. The lowest BCUT2D eigenvalue weighted by Gasteiger charge is -2.23. The Morgan fingerprint density at radius 2 is 2.25 bits per heavy atom. The van der Waals surface area contributed by atoms with Crippen LogP contribution in [0.15, 0.2) is 35.0 Å². The number of rotatable bonds is 2. The van der Waals surface area contributed by atoms with Crippen LogP contribution in [0.5, 0.6) is 5.75 Å². The zero-order valence-corrected chi connectivity index (χ0v) is 11.5. The predicted octanol–water partition coefficient (Wildman–Crippen LogP) is 2.72. The van der Waals surface area contributed by atoms with Crippen LogP contribution in [0.2, 0.25) is 0 Å². The Morgan fingerprint density at radius 1 is 1.40 bits per heavy atom. The summed E-state index contributed by atoms with van der Waals surface area (Å²) in [6, 6.07) is 6.91. The summed E-state index contributed by atoms with van der Waals surface area (Å²) < 4.78 is 5.45. The highest BCUT2D eigenvalue weighted by Crippen LogP contribution is 2.32. The maximum atomic E-state index is 11.9. The molecule has 1 aromatic carbocycles. The molecule has 20 heavy (non-hydrogen) atoms. The van der Waals surface area contributed by atoms with E-state index in [1.807, 2.05) is 5.38 Å². The van der Waals surface area contributed by atoms with Gasteiger partial charge in [0, 0.05) is 11.1 Å². The summed E-state index contributed by atoms with van der Waals surface area (Å²) in [7, 11) is 0. The Labute approximate surface area is 119 Å². The summed E-state index contributed by atoms with van der Waals surface area (Å²) >= 11 is 1.46. The summed E-state index contributed by atoms with van der Waals surface area (Å²) in [4.78, 5) is 23.5. The van der Waals surface area contributed by atoms with E-state index in [4.69, 9.17) is 4.74 Å². The van der Waals surface area contributed by atoms with Crippen LogP contribution in [0.4, 0.5) is 11.4 Å². The molecule has 1 aliphatic rings. The minimum Gasteiger partial charge on any atom is -0.479 e. The van der Waals surface area contributed by atoms with Gasteiger partial charge in [-0.05, 0) is 36.6 Å². The molecule has 1 aromatic heterocycles. The van der Waals surface area contributed by atoms with E-state index in [9.17, 15) is 9.59 Å². The van der Waals surface area contributed by atoms with Gasteiger partial charge in [0.2, 0.25) is 0 Å². The SMILES string of the molecule is C[C@H]1Oc2ccc(NC(=O)c3ccsc3)cc2NC1=O. The molecule has 0 unspecified atom stereocenters. The summed E-state index contributed by atoms with van der Waals surface area (Å²) in [5, 5.41) is 9.15. The molecule has 5 nitrogen and oxygen atoms in total. The van der Waals surface area contributed by atoms with Crippen LogP contribution >= 0.6 is 11.3 Å². The lowest BCUT2D eigenvalue weighted by atomic mass is 10.2. The molecule has 6 heteroatoms. The van der Waals surface area contributed by atoms with Gasteiger partial charge in [-0.2, -0.15) is 11.3 Å². The highest BCUT2D eigenvalue weighted by Gasteiger charge is 2.23. The molecule has 2 amide bonds. The molecule has 1 aliphatic heterocycles. The predicted molar refractivity (Wildman–Crippen MR) is 77.4 cm³/mol. The Balaban J connectivity index is 1.81. The topological polar surface area (TPSA) is 67.4 Å². The van der Waals surface area contributed by atoms with Crippen LogP contribution in [-0.4, -0.2) is 17.9 Å². The van der Waals surface area contributed by atoms with Gasteiger partial charge in [-0.3, -0.25) is 9.59 Å². The lowest BCUT2D eigenvalue weighted by Crippen LogP contribution is -2.34. The monoisotopic (exact) mass is 288 g/mol. The molecular weight excluding hydrogens is 276 g/mol. The molecule has 2 N–H and O–H groups in total. The molecule has 0 saturated heterocycles. The number of nitrogens with one attached hydrogen (secondary N) is 2. The van der Waals surface area contributed by atoms with E-state index in [1.165, 1.54) is 11.3 Å². The van der Waals surface area contributed by atoms with Gasteiger partial charge in [-0.25, -0.2) is 0 Å². The van der Waals surface area contributed by atoms with Gasteiger partial charge in [0.25, 0.3) is 11.8 Å². The van der Waals surface area contributed by atoms with Crippen molar-refractivity contribution in [3.05, 3.63) is 40.6 Å². The van der Waals surface area contributed by atoms with Gasteiger partial charge in [0.05, 0.1) is 11.3 Å². The number of thiophene rings is 1. The van der Waals surface area contributed by atoms with E-state index in [0.717, 1.165) is 0 Å². The van der Waals surface area contributed by atoms with Crippen LogP contribution in [0.3, 0.4) is 0 Å². The molecule has 0 spiro atoms. The number of benzene rings is 1. The zero-order valence-electron chi connectivity index (χ0n) is 10.7. The zero-order chi connectivity index (χ0) is 14.1. The first-order valence-corrected chi connectivity index (χ1v) is 7.03. The third-order valence-corrected chi connectivity index (χ3v) is 3.63. The Kier molecular flexibility index (Phi) is 3.15. The second-order valence-electron chi connectivity index (χ2n) is 4.43. The fourth-order valence-electron chi connectivity index (χ4n) is 1.88. The number of carbonyl (C=O) groups is 2. The fraction of sp³-hybridized carbons (Fsp3) is 0.143. The number of fused-ring (bicyclic) bond motifs is 1. The molecule has 2 heterocycles. The summed E-state index contributed by atoms with van der Waals surface area (Å²) in [5.41, 5.74) is 1.79. The largest absolute Gasteiger partial charge is 0.479 e. The van der Waals surface area contributed by atoms with Crippen molar-refractivity contribution in [2.75, 3.05) is 10.6 Å². The number of hydrogen-bond acceptors (Lipinski definition) is 4. The molecular formula is C14H12N2O3S. The Bertz CT molecular complexity index is 667. The molecule has 1 atom stereocenters.